The molecule has 1 N–H and O–H groups in total. The van der Waals surface area contributed by atoms with E-state index in [2.05, 4.69) is 72.4 Å². The van der Waals surface area contributed by atoms with Gasteiger partial charge in [-0.2, -0.15) is 0 Å². The van der Waals surface area contributed by atoms with Gasteiger partial charge in [0, 0.05) is 44.0 Å². The molecule has 124 valence electrons. The first-order valence-electron chi connectivity index (χ1n) is 8.59. The van der Waals surface area contributed by atoms with Gasteiger partial charge < -0.3 is 9.46 Å². The summed E-state index contributed by atoms with van der Waals surface area (Å²) in [5, 5.41) is 3.44. The molecule has 1 aromatic carbocycles. The molecule has 0 aliphatic rings. The van der Waals surface area contributed by atoms with Crippen molar-refractivity contribution in [1.29, 1.82) is 0 Å². The fourth-order valence-corrected chi connectivity index (χ4v) is 3.63. The highest BCUT2D eigenvalue weighted by Crippen LogP contribution is 2.35. The van der Waals surface area contributed by atoms with Crippen LogP contribution >= 0.6 is 0 Å². The lowest BCUT2D eigenvalue weighted by atomic mass is 9.97. The van der Waals surface area contributed by atoms with Crippen LogP contribution in [-0.2, 0) is 0 Å². The van der Waals surface area contributed by atoms with Crippen molar-refractivity contribution < 1.29 is 0 Å². The normalized spacial score (nSPS) is 12.6. The summed E-state index contributed by atoms with van der Waals surface area (Å²) in [6.07, 6.45) is 9.80. The molecule has 0 aliphatic heterocycles. The molecule has 0 bridgehead atoms. The maximum Gasteiger partial charge on any atom is 0.239 e. The Balaban J connectivity index is 2.61. The zero-order chi connectivity index (χ0) is 18.0. The third-order valence-corrected chi connectivity index (χ3v) is 4.65. The molecule has 0 fully saturated rings. The summed E-state index contributed by atoms with van der Waals surface area (Å²) in [5.74, 6) is 0. The number of benzene rings is 1. The van der Waals surface area contributed by atoms with Crippen molar-refractivity contribution >= 4 is 42.6 Å². The third kappa shape index (κ3) is 2.53. The van der Waals surface area contributed by atoms with E-state index in [0.29, 0.717) is 0 Å². The lowest BCUT2D eigenvalue weighted by Crippen LogP contribution is -2.23. The summed E-state index contributed by atoms with van der Waals surface area (Å²) >= 11 is 0. The van der Waals surface area contributed by atoms with Crippen LogP contribution in [-0.4, -0.2) is 16.9 Å². The lowest BCUT2D eigenvalue weighted by Gasteiger charge is -2.06. The summed E-state index contributed by atoms with van der Waals surface area (Å²) in [4.78, 5) is 3.48. The fourth-order valence-electron chi connectivity index (χ4n) is 3.63. The van der Waals surface area contributed by atoms with Gasteiger partial charge in [-0.3, -0.25) is 0 Å². The lowest BCUT2D eigenvalue weighted by molar-refractivity contribution is 1.26. The summed E-state index contributed by atoms with van der Waals surface area (Å²) in [6.45, 7) is 16.2. The van der Waals surface area contributed by atoms with Crippen molar-refractivity contribution in [3.05, 3.63) is 72.0 Å². The number of H-pyrrole nitrogens is 1. The molecular weight excluding hydrogens is 303 g/mol. The Kier molecular flexibility index (Phi) is 4.66. The van der Waals surface area contributed by atoms with Gasteiger partial charge in [0.05, 0.1) is 0 Å². The van der Waals surface area contributed by atoms with Crippen LogP contribution in [0, 0.1) is 0 Å². The van der Waals surface area contributed by atoms with Crippen molar-refractivity contribution in [2.75, 3.05) is 0 Å². The average Bonchev–Trinajstić information content (AvgIpc) is 3.15. The van der Waals surface area contributed by atoms with Crippen LogP contribution < -0.4 is 10.6 Å². The molecule has 2 heterocycles. The van der Waals surface area contributed by atoms with Crippen LogP contribution in [0.25, 0.3) is 46.3 Å². The van der Waals surface area contributed by atoms with Crippen LogP contribution in [0.2, 0.25) is 6.82 Å². The van der Waals surface area contributed by atoms with E-state index in [1.54, 1.807) is 0 Å². The van der Waals surface area contributed by atoms with Crippen molar-refractivity contribution in [2.45, 2.75) is 13.7 Å². The van der Waals surface area contributed by atoms with Crippen molar-refractivity contribution in [3.8, 4) is 11.1 Å². The molecule has 0 atom stereocenters. The number of aromatic nitrogens is 2. The van der Waals surface area contributed by atoms with Crippen LogP contribution in [0.5, 0.6) is 0 Å². The predicted octanol–water partition coefficient (Wildman–Crippen LogP) is 3.94. The van der Waals surface area contributed by atoms with Crippen molar-refractivity contribution in [2.24, 2.45) is 0 Å². The van der Waals surface area contributed by atoms with Gasteiger partial charge in [0.15, 0.2) is 0 Å². The van der Waals surface area contributed by atoms with Gasteiger partial charge in [0.25, 0.3) is 0 Å². The predicted molar refractivity (Wildman–Crippen MR) is 114 cm³/mol. The number of aromatic amines is 1. The number of hydrogen-bond acceptors (Lipinski definition) is 0. The quantitative estimate of drug-likeness (QED) is 0.686. The minimum Gasteiger partial charge on any atom is -0.389 e. The Morgan fingerprint density at radius 3 is 2.44 bits per heavy atom. The highest BCUT2D eigenvalue weighted by atomic mass is 14.9. The number of nitrogens with zero attached hydrogens (tertiary/aromatic N) is 1. The molecule has 0 saturated carbocycles. The smallest absolute Gasteiger partial charge is 0.239 e. The second-order valence-corrected chi connectivity index (χ2v) is 5.86. The highest BCUT2D eigenvalue weighted by molar-refractivity contribution is 6.35. The minimum atomic E-state index is 0.892. The zero-order valence-corrected chi connectivity index (χ0v) is 15.0. The van der Waals surface area contributed by atoms with E-state index in [1.807, 2.05) is 25.2 Å². The van der Waals surface area contributed by atoms with Gasteiger partial charge in [-0.05, 0) is 25.1 Å². The zero-order valence-electron chi connectivity index (χ0n) is 15.0. The number of hydrogen-bond donors (Lipinski definition) is 1. The second-order valence-electron chi connectivity index (χ2n) is 5.86. The van der Waals surface area contributed by atoms with Crippen LogP contribution in [0.4, 0.5) is 0 Å². The Bertz CT molecular complexity index is 1090. The monoisotopic (exact) mass is 326 g/mol. The summed E-state index contributed by atoms with van der Waals surface area (Å²) in [5.41, 5.74) is 5.72. The number of nitrogens with one attached hydrogen (secondary N) is 1. The molecule has 3 aromatic rings. The molecule has 3 heteroatoms. The number of fused-ring (bicyclic) bond motifs is 1. The van der Waals surface area contributed by atoms with E-state index in [4.69, 9.17) is 0 Å². The molecule has 0 amide bonds. The molecule has 0 unspecified atom stereocenters. The fraction of sp³-hybridized carbons (Fsp3) is 0.0909. The molecule has 3 rings (SSSR count). The van der Waals surface area contributed by atoms with Crippen molar-refractivity contribution in [3.63, 3.8) is 0 Å². The van der Waals surface area contributed by atoms with Gasteiger partial charge in [-0.25, -0.2) is 0 Å². The van der Waals surface area contributed by atoms with Crippen LogP contribution in [0.1, 0.15) is 18.3 Å². The average molecular weight is 326 g/mol. The Hall–Kier alpha value is -2.94. The molecule has 2 nitrogen and oxygen atoms in total. The van der Waals surface area contributed by atoms with E-state index < -0.39 is 0 Å². The SMILES string of the molecule is C=C/C=c1/c(-c2c(C=C)n(BC)c3ccccc23)c(C=C)[nH]/c1=C/C. The number of rotatable bonds is 5. The first-order chi connectivity index (χ1) is 12.2. The number of para-hydroxylation sites is 1. The summed E-state index contributed by atoms with van der Waals surface area (Å²) in [6, 6.07) is 8.51. The maximum absolute atomic E-state index is 4.08. The molecule has 2 aromatic heterocycles. The van der Waals surface area contributed by atoms with E-state index in [0.717, 1.165) is 34.9 Å². The van der Waals surface area contributed by atoms with Gasteiger partial charge in [-0.15, -0.1) is 0 Å². The standard InChI is InChI=1S/C22H23BN2/c1-6-12-15-17(7-2)24-18(8-3)21(15)22-16-13-10-11-14-20(16)25(23-5)19(22)9-4/h6-14,23-24H,1,3-4H2,2,5H3/b15-12+,17-7+. The Labute approximate surface area is 149 Å². The summed E-state index contributed by atoms with van der Waals surface area (Å²) in [7, 11) is 0.892. The van der Waals surface area contributed by atoms with Crippen molar-refractivity contribution in [1.82, 2.24) is 9.46 Å². The third-order valence-electron chi connectivity index (χ3n) is 4.65. The van der Waals surface area contributed by atoms with Crippen LogP contribution in [0.15, 0.2) is 50.1 Å². The van der Waals surface area contributed by atoms with E-state index in [9.17, 15) is 0 Å². The second kappa shape index (κ2) is 6.90. The minimum absolute atomic E-state index is 0.892. The van der Waals surface area contributed by atoms with Gasteiger partial charge in [-0.1, -0.05) is 63.0 Å². The number of allylic oxidation sites excluding steroid dienone is 1. The Morgan fingerprint density at radius 1 is 1.08 bits per heavy atom. The maximum atomic E-state index is 4.08. The van der Waals surface area contributed by atoms with Gasteiger partial charge >= 0.3 is 0 Å². The van der Waals surface area contributed by atoms with Gasteiger partial charge in [0.1, 0.15) is 0 Å². The molecular formula is C22H23BN2. The molecule has 0 spiro atoms. The first-order valence-corrected chi connectivity index (χ1v) is 8.59. The molecule has 0 saturated heterocycles. The topological polar surface area (TPSA) is 20.7 Å². The molecule has 0 aliphatic carbocycles. The largest absolute Gasteiger partial charge is 0.389 e. The summed E-state index contributed by atoms with van der Waals surface area (Å²) < 4.78 is 2.31. The van der Waals surface area contributed by atoms with Crippen LogP contribution in [0.3, 0.4) is 0 Å². The Morgan fingerprint density at radius 2 is 1.84 bits per heavy atom. The molecule has 0 radical (unpaired) electrons. The van der Waals surface area contributed by atoms with E-state index in [-0.39, 0.29) is 0 Å². The first kappa shape index (κ1) is 16.9. The molecule has 25 heavy (non-hydrogen) atoms. The van der Waals surface area contributed by atoms with E-state index >= 15 is 0 Å². The van der Waals surface area contributed by atoms with Gasteiger partial charge in [0.2, 0.25) is 7.41 Å². The highest BCUT2D eigenvalue weighted by Gasteiger charge is 2.19. The van der Waals surface area contributed by atoms with E-state index in [1.165, 1.54) is 16.5 Å².